The fraction of sp³-hybridized carbons (Fsp3) is 0.529. The summed E-state index contributed by atoms with van der Waals surface area (Å²) < 4.78 is 3.82. The molecule has 1 N–H and O–H groups in total. The minimum Gasteiger partial charge on any atom is -0.350 e. The Labute approximate surface area is 152 Å². The van der Waals surface area contributed by atoms with E-state index in [1.54, 1.807) is 36.4 Å². The number of rotatable bonds is 5. The van der Waals surface area contributed by atoms with Crippen molar-refractivity contribution in [1.82, 2.24) is 34.4 Å². The molecule has 0 saturated heterocycles. The fourth-order valence-corrected chi connectivity index (χ4v) is 3.02. The Morgan fingerprint density at radius 2 is 2.15 bits per heavy atom. The number of imidazole rings is 1. The zero-order valence-electron chi connectivity index (χ0n) is 15.4. The predicted molar refractivity (Wildman–Crippen MR) is 95.1 cm³/mol. The number of carbonyl (C=O) groups is 2. The summed E-state index contributed by atoms with van der Waals surface area (Å²) in [6.07, 6.45) is 5.65. The third-order valence-corrected chi connectivity index (χ3v) is 4.48. The highest BCUT2D eigenvalue weighted by Crippen LogP contribution is 2.15. The number of fused-ring (bicyclic) bond motifs is 1. The Morgan fingerprint density at radius 1 is 1.35 bits per heavy atom. The second-order valence-electron chi connectivity index (χ2n) is 6.79. The molecule has 2 aromatic rings. The highest BCUT2D eigenvalue weighted by molar-refractivity contribution is 5.76. The predicted octanol–water partition coefficient (Wildman–Crippen LogP) is 0.844. The van der Waals surface area contributed by atoms with Gasteiger partial charge in [0.05, 0.1) is 37.3 Å². The topological polar surface area (TPSA) is 88.3 Å². The second-order valence-corrected chi connectivity index (χ2v) is 6.79. The van der Waals surface area contributed by atoms with Crippen LogP contribution in [0, 0.1) is 0 Å². The molecule has 2 aromatic heterocycles. The van der Waals surface area contributed by atoms with Crippen LogP contribution < -0.4 is 5.32 Å². The highest BCUT2D eigenvalue weighted by Gasteiger charge is 2.23. The molecular weight excluding hydrogens is 334 g/mol. The van der Waals surface area contributed by atoms with E-state index in [2.05, 4.69) is 15.4 Å². The average molecular weight is 359 g/mol. The van der Waals surface area contributed by atoms with Crippen molar-refractivity contribution in [3.05, 3.63) is 36.2 Å². The van der Waals surface area contributed by atoms with Crippen molar-refractivity contribution in [1.29, 1.82) is 0 Å². The van der Waals surface area contributed by atoms with Crippen molar-refractivity contribution >= 4 is 11.9 Å². The maximum absolute atomic E-state index is 12.1. The van der Waals surface area contributed by atoms with E-state index in [9.17, 15) is 9.59 Å². The molecule has 3 amide bonds. The third kappa shape index (κ3) is 4.04. The molecule has 9 nitrogen and oxygen atoms in total. The first-order valence-electron chi connectivity index (χ1n) is 8.70. The first-order valence-corrected chi connectivity index (χ1v) is 8.70. The van der Waals surface area contributed by atoms with Gasteiger partial charge >= 0.3 is 6.03 Å². The molecule has 140 valence electrons. The maximum atomic E-state index is 12.1. The molecule has 0 fully saturated rings. The lowest BCUT2D eigenvalue weighted by Crippen LogP contribution is -2.43. The van der Waals surface area contributed by atoms with Crippen LogP contribution in [0.1, 0.15) is 30.8 Å². The Kier molecular flexibility index (Phi) is 5.24. The summed E-state index contributed by atoms with van der Waals surface area (Å²) in [7, 11) is 3.50. The minimum atomic E-state index is -0.0263. The van der Waals surface area contributed by atoms with Crippen molar-refractivity contribution in [2.75, 3.05) is 20.6 Å². The summed E-state index contributed by atoms with van der Waals surface area (Å²) in [5, 5.41) is 7.44. The van der Waals surface area contributed by atoms with Crippen molar-refractivity contribution in [2.24, 2.45) is 0 Å². The number of hydrogen-bond acceptors (Lipinski definition) is 4. The Hall–Kier alpha value is -2.84. The van der Waals surface area contributed by atoms with Crippen LogP contribution in [-0.4, -0.2) is 61.7 Å². The van der Waals surface area contributed by atoms with Crippen molar-refractivity contribution in [3.63, 3.8) is 0 Å². The fourth-order valence-electron chi connectivity index (χ4n) is 3.02. The van der Waals surface area contributed by atoms with Crippen molar-refractivity contribution in [3.8, 4) is 0 Å². The smallest absolute Gasteiger partial charge is 0.319 e. The molecule has 0 bridgehead atoms. The Balaban J connectivity index is 1.52. The normalized spacial score (nSPS) is 14.7. The van der Waals surface area contributed by atoms with Gasteiger partial charge in [-0.3, -0.25) is 9.48 Å². The average Bonchev–Trinajstić information content (AvgIpc) is 3.27. The number of hydrogen-bond donors (Lipinski definition) is 1. The zero-order valence-corrected chi connectivity index (χ0v) is 15.4. The number of urea groups is 1. The molecule has 0 unspecified atom stereocenters. The quantitative estimate of drug-likeness (QED) is 0.857. The Bertz CT molecular complexity index is 766. The SMILES string of the molecule is C[C@H](CC(=O)NCc1cc2n(n1)CCN(C(=O)N(C)C)C2)n1ccnc1. The van der Waals surface area contributed by atoms with Gasteiger partial charge in [0, 0.05) is 45.5 Å². The van der Waals surface area contributed by atoms with Gasteiger partial charge in [0.15, 0.2) is 0 Å². The van der Waals surface area contributed by atoms with E-state index in [-0.39, 0.29) is 18.0 Å². The van der Waals surface area contributed by atoms with E-state index in [4.69, 9.17) is 0 Å². The van der Waals surface area contributed by atoms with Crippen LogP contribution in [0.15, 0.2) is 24.8 Å². The number of nitrogens with zero attached hydrogens (tertiary/aromatic N) is 6. The van der Waals surface area contributed by atoms with Crippen LogP contribution in [0.5, 0.6) is 0 Å². The largest absolute Gasteiger partial charge is 0.350 e. The van der Waals surface area contributed by atoms with Gasteiger partial charge in [0.1, 0.15) is 0 Å². The van der Waals surface area contributed by atoms with Gasteiger partial charge < -0.3 is 19.7 Å². The number of nitrogens with one attached hydrogen (secondary N) is 1. The molecule has 1 aliphatic rings. The summed E-state index contributed by atoms with van der Waals surface area (Å²) in [5.74, 6) is -0.0263. The molecule has 0 saturated carbocycles. The number of aromatic nitrogens is 4. The van der Waals surface area contributed by atoms with E-state index in [1.807, 2.05) is 28.4 Å². The van der Waals surface area contributed by atoms with Gasteiger partial charge in [-0.15, -0.1) is 0 Å². The summed E-state index contributed by atoms with van der Waals surface area (Å²) >= 11 is 0. The molecule has 0 aliphatic carbocycles. The van der Waals surface area contributed by atoms with Gasteiger partial charge in [0.25, 0.3) is 0 Å². The molecule has 1 aliphatic heterocycles. The first kappa shape index (κ1) is 18.0. The third-order valence-electron chi connectivity index (χ3n) is 4.48. The molecular formula is C17H25N7O2. The summed E-state index contributed by atoms with van der Waals surface area (Å²) in [5.41, 5.74) is 1.80. The maximum Gasteiger partial charge on any atom is 0.319 e. The van der Waals surface area contributed by atoms with E-state index in [0.717, 1.165) is 11.4 Å². The van der Waals surface area contributed by atoms with Crippen molar-refractivity contribution in [2.45, 2.75) is 39.0 Å². The van der Waals surface area contributed by atoms with Crippen LogP contribution in [0.25, 0.3) is 0 Å². The highest BCUT2D eigenvalue weighted by atomic mass is 16.2. The lowest BCUT2D eigenvalue weighted by Gasteiger charge is -2.29. The van der Waals surface area contributed by atoms with Crippen molar-refractivity contribution < 1.29 is 9.59 Å². The van der Waals surface area contributed by atoms with Gasteiger partial charge in [-0.2, -0.15) is 5.10 Å². The monoisotopic (exact) mass is 359 g/mol. The minimum absolute atomic E-state index is 0.000733. The Morgan fingerprint density at radius 3 is 2.85 bits per heavy atom. The lowest BCUT2D eigenvalue weighted by molar-refractivity contribution is -0.121. The van der Waals surface area contributed by atoms with E-state index in [0.29, 0.717) is 32.6 Å². The summed E-state index contributed by atoms with van der Waals surface area (Å²) in [6.45, 7) is 4.21. The van der Waals surface area contributed by atoms with Gasteiger partial charge in [0.2, 0.25) is 5.91 Å². The second kappa shape index (κ2) is 7.59. The molecule has 1 atom stereocenters. The van der Waals surface area contributed by atoms with Crippen LogP contribution in [0.4, 0.5) is 4.79 Å². The summed E-state index contributed by atoms with van der Waals surface area (Å²) in [4.78, 5) is 31.6. The van der Waals surface area contributed by atoms with E-state index >= 15 is 0 Å². The lowest BCUT2D eigenvalue weighted by atomic mass is 10.2. The number of carbonyl (C=O) groups excluding carboxylic acids is 2. The van der Waals surface area contributed by atoms with Gasteiger partial charge in [-0.05, 0) is 13.0 Å². The molecule has 26 heavy (non-hydrogen) atoms. The van der Waals surface area contributed by atoms with Gasteiger partial charge in [-0.25, -0.2) is 9.78 Å². The zero-order chi connectivity index (χ0) is 18.7. The molecule has 9 heteroatoms. The van der Waals surface area contributed by atoms with Crippen LogP contribution in [0.3, 0.4) is 0 Å². The molecule has 0 radical (unpaired) electrons. The van der Waals surface area contributed by atoms with E-state index in [1.165, 1.54) is 0 Å². The molecule has 3 heterocycles. The van der Waals surface area contributed by atoms with E-state index < -0.39 is 0 Å². The number of amides is 3. The van der Waals surface area contributed by atoms with Gasteiger partial charge in [-0.1, -0.05) is 0 Å². The van der Waals surface area contributed by atoms with Crippen LogP contribution >= 0.6 is 0 Å². The summed E-state index contributed by atoms with van der Waals surface area (Å²) in [6, 6.07) is 2.01. The standard InChI is InChI=1S/C17H25N7O2/c1-13(23-5-4-18-12-23)8-16(25)19-10-14-9-15-11-22(17(26)21(2)3)6-7-24(15)20-14/h4-5,9,12-13H,6-8,10-11H2,1-3H3,(H,19,25)/t13-/m1/s1. The molecule has 0 aromatic carbocycles. The first-order chi connectivity index (χ1) is 12.4. The van der Waals surface area contributed by atoms with Crippen LogP contribution in [0.2, 0.25) is 0 Å². The van der Waals surface area contributed by atoms with Crippen LogP contribution in [-0.2, 0) is 24.4 Å². The molecule has 3 rings (SSSR count). The molecule has 0 spiro atoms.